The van der Waals surface area contributed by atoms with Gasteiger partial charge in [0.15, 0.2) is 0 Å². The molecule has 2 rings (SSSR count). The Hall–Kier alpha value is -1.75. The first-order valence-electron chi connectivity index (χ1n) is 6.96. The lowest BCUT2D eigenvalue weighted by Gasteiger charge is -2.25. The maximum Gasteiger partial charge on any atom is 0.257 e. The van der Waals surface area contributed by atoms with Crippen molar-refractivity contribution in [3.8, 4) is 11.5 Å². The van der Waals surface area contributed by atoms with Gasteiger partial charge in [-0.2, -0.15) is 0 Å². The number of hydrogen-bond donors (Lipinski definition) is 2. The topological polar surface area (TPSA) is 70.0 Å². The molecule has 0 aliphatic carbocycles. The van der Waals surface area contributed by atoms with Gasteiger partial charge in [-0.05, 0) is 37.8 Å². The molecular formula is C15H21NO4. The molecule has 1 saturated heterocycles. The Morgan fingerprint density at radius 2 is 2.30 bits per heavy atom. The van der Waals surface area contributed by atoms with Gasteiger partial charge in [0.1, 0.15) is 11.5 Å². The summed E-state index contributed by atoms with van der Waals surface area (Å²) in [5.41, 5.74) is 0.307. The molecule has 1 aromatic rings. The van der Waals surface area contributed by atoms with E-state index in [-0.39, 0.29) is 24.3 Å². The number of nitrogens with zero attached hydrogens (tertiary/aromatic N) is 1. The van der Waals surface area contributed by atoms with E-state index in [2.05, 4.69) is 0 Å². The third-order valence-corrected chi connectivity index (χ3v) is 3.77. The van der Waals surface area contributed by atoms with Crippen LogP contribution < -0.4 is 4.74 Å². The standard InChI is InChI=1S/C15H21NO4/c1-20-12-6-7-13(14(18)10-12)15(19)16-8-2-4-11(16)5-3-9-17/h6-7,10-11,17-18H,2-5,8-9H2,1H3. The smallest absolute Gasteiger partial charge is 0.257 e. The van der Waals surface area contributed by atoms with Crippen LogP contribution in [0.3, 0.4) is 0 Å². The van der Waals surface area contributed by atoms with Crippen LogP contribution in [0.25, 0.3) is 0 Å². The van der Waals surface area contributed by atoms with Gasteiger partial charge in [-0.3, -0.25) is 4.79 Å². The molecule has 2 N–H and O–H groups in total. The average Bonchev–Trinajstić information content (AvgIpc) is 2.92. The monoisotopic (exact) mass is 279 g/mol. The summed E-state index contributed by atoms with van der Waals surface area (Å²) in [6.07, 6.45) is 3.43. The number of likely N-dealkylation sites (tertiary alicyclic amines) is 1. The molecule has 0 radical (unpaired) electrons. The van der Waals surface area contributed by atoms with Crippen LogP contribution in [-0.4, -0.2) is 47.3 Å². The number of carbonyl (C=O) groups is 1. The Balaban J connectivity index is 2.13. The molecule has 5 heteroatoms. The lowest BCUT2D eigenvalue weighted by molar-refractivity contribution is 0.0721. The molecular weight excluding hydrogens is 258 g/mol. The predicted molar refractivity (Wildman–Crippen MR) is 75.0 cm³/mol. The highest BCUT2D eigenvalue weighted by molar-refractivity contribution is 5.97. The fourth-order valence-electron chi connectivity index (χ4n) is 2.70. The second kappa shape index (κ2) is 6.61. The van der Waals surface area contributed by atoms with E-state index in [4.69, 9.17) is 9.84 Å². The minimum atomic E-state index is -0.148. The normalized spacial score (nSPS) is 18.3. The molecule has 0 saturated carbocycles. The molecule has 1 aliphatic heterocycles. The molecule has 1 heterocycles. The molecule has 5 nitrogen and oxygen atoms in total. The molecule has 1 unspecified atom stereocenters. The first kappa shape index (κ1) is 14.7. The van der Waals surface area contributed by atoms with Gasteiger partial charge in [-0.25, -0.2) is 0 Å². The lowest BCUT2D eigenvalue weighted by atomic mass is 10.1. The maximum atomic E-state index is 12.5. The number of carbonyl (C=O) groups excluding carboxylic acids is 1. The van der Waals surface area contributed by atoms with E-state index in [0.717, 1.165) is 19.3 Å². The molecule has 1 fully saturated rings. The quantitative estimate of drug-likeness (QED) is 0.862. The zero-order chi connectivity index (χ0) is 14.5. The summed E-state index contributed by atoms with van der Waals surface area (Å²) in [6, 6.07) is 4.88. The number of phenols is 1. The van der Waals surface area contributed by atoms with Crippen molar-refractivity contribution >= 4 is 5.91 Å². The van der Waals surface area contributed by atoms with Crippen molar-refractivity contribution < 1.29 is 19.7 Å². The van der Waals surface area contributed by atoms with Crippen molar-refractivity contribution in [1.29, 1.82) is 0 Å². The molecule has 1 amide bonds. The Labute approximate surface area is 118 Å². The number of ether oxygens (including phenoxy) is 1. The Morgan fingerprint density at radius 3 is 2.95 bits per heavy atom. The average molecular weight is 279 g/mol. The number of aliphatic hydroxyl groups excluding tert-OH is 1. The van der Waals surface area contributed by atoms with Crippen LogP contribution in [0.4, 0.5) is 0 Å². The second-order valence-corrected chi connectivity index (χ2v) is 5.04. The van der Waals surface area contributed by atoms with Crippen LogP contribution in [0.1, 0.15) is 36.0 Å². The molecule has 1 atom stereocenters. The number of aliphatic hydroxyl groups is 1. The van der Waals surface area contributed by atoms with E-state index < -0.39 is 0 Å². The highest BCUT2D eigenvalue weighted by Crippen LogP contribution is 2.28. The van der Waals surface area contributed by atoms with Gasteiger partial charge in [0.25, 0.3) is 5.91 Å². The van der Waals surface area contributed by atoms with E-state index in [0.29, 0.717) is 24.3 Å². The summed E-state index contributed by atoms with van der Waals surface area (Å²) >= 11 is 0. The number of phenolic OH excluding ortho intramolecular Hbond substituents is 1. The molecule has 20 heavy (non-hydrogen) atoms. The van der Waals surface area contributed by atoms with E-state index >= 15 is 0 Å². The van der Waals surface area contributed by atoms with Gasteiger partial charge in [0.2, 0.25) is 0 Å². The van der Waals surface area contributed by atoms with E-state index in [1.165, 1.54) is 13.2 Å². The van der Waals surface area contributed by atoms with Crippen molar-refractivity contribution in [2.75, 3.05) is 20.3 Å². The zero-order valence-electron chi connectivity index (χ0n) is 11.7. The van der Waals surface area contributed by atoms with Crippen molar-refractivity contribution in [3.05, 3.63) is 23.8 Å². The summed E-state index contributed by atoms with van der Waals surface area (Å²) in [4.78, 5) is 14.3. The fraction of sp³-hybridized carbons (Fsp3) is 0.533. The van der Waals surface area contributed by atoms with E-state index in [1.54, 1.807) is 17.0 Å². The van der Waals surface area contributed by atoms with Crippen LogP contribution in [0, 0.1) is 0 Å². The minimum Gasteiger partial charge on any atom is -0.507 e. The van der Waals surface area contributed by atoms with Crippen LogP contribution in [0.5, 0.6) is 11.5 Å². The molecule has 1 aliphatic rings. The van der Waals surface area contributed by atoms with Gasteiger partial charge in [0.05, 0.1) is 12.7 Å². The van der Waals surface area contributed by atoms with Crippen molar-refractivity contribution in [2.45, 2.75) is 31.7 Å². The highest BCUT2D eigenvalue weighted by Gasteiger charge is 2.30. The molecule has 110 valence electrons. The van der Waals surface area contributed by atoms with E-state index in [9.17, 15) is 9.90 Å². The second-order valence-electron chi connectivity index (χ2n) is 5.04. The summed E-state index contributed by atoms with van der Waals surface area (Å²) in [5, 5.41) is 18.9. The third-order valence-electron chi connectivity index (χ3n) is 3.77. The lowest BCUT2D eigenvalue weighted by Crippen LogP contribution is -2.35. The Morgan fingerprint density at radius 1 is 1.50 bits per heavy atom. The number of methoxy groups -OCH3 is 1. The van der Waals surface area contributed by atoms with Gasteiger partial charge in [-0.15, -0.1) is 0 Å². The molecule has 0 spiro atoms. The van der Waals surface area contributed by atoms with Crippen LogP contribution >= 0.6 is 0 Å². The molecule has 0 aromatic heterocycles. The van der Waals surface area contributed by atoms with Crippen molar-refractivity contribution in [1.82, 2.24) is 4.90 Å². The first-order valence-corrected chi connectivity index (χ1v) is 6.96. The van der Waals surface area contributed by atoms with Crippen LogP contribution in [-0.2, 0) is 0 Å². The Kier molecular flexibility index (Phi) is 4.84. The minimum absolute atomic E-state index is 0.0536. The first-order chi connectivity index (χ1) is 9.67. The largest absolute Gasteiger partial charge is 0.507 e. The highest BCUT2D eigenvalue weighted by atomic mass is 16.5. The van der Waals surface area contributed by atoms with Crippen molar-refractivity contribution in [2.24, 2.45) is 0 Å². The molecule has 0 bridgehead atoms. The Bertz CT molecular complexity index is 475. The van der Waals surface area contributed by atoms with Gasteiger partial charge >= 0.3 is 0 Å². The molecule has 1 aromatic carbocycles. The predicted octanol–water partition coefficient (Wildman–Crippen LogP) is 1.78. The number of amides is 1. The number of benzene rings is 1. The summed E-state index contributed by atoms with van der Waals surface area (Å²) in [6.45, 7) is 0.854. The summed E-state index contributed by atoms with van der Waals surface area (Å²) in [5.74, 6) is 0.324. The van der Waals surface area contributed by atoms with Gasteiger partial charge < -0.3 is 19.8 Å². The maximum absolute atomic E-state index is 12.5. The summed E-state index contributed by atoms with van der Waals surface area (Å²) in [7, 11) is 1.52. The summed E-state index contributed by atoms with van der Waals surface area (Å²) < 4.78 is 5.02. The number of aromatic hydroxyl groups is 1. The van der Waals surface area contributed by atoms with Gasteiger partial charge in [0, 0.05) is 25.3 Å². The SMILES string of the molecule is COc1ccc(C(=O)N2CCCC2CCCO)c(O)c1. The van der Waals surface area contributed by atoms with Crippen molar-refractivity contribution in [3.63, 3.8) is 0 Å². The van der Waals surface area contributed by atoms with Gasteiger partial charge in [-0.1, -0.05) is 0 Å². The van der Waals surface area contributed by atoms with Crippen LogP contribution in [0.2, 0.25) is 0 Å². The number of rotatable bonds is 5. The fourth-order valence-corrected chi connectivity index (χ4v) is 2.70. The van der Waals surface area contributed by atoms with E-state index in [1.807, 2.05) is 0 Å². The zero-order valence-corrected chi connectivity index (χ0v) is 11.7. The number of hydrogen-bond acceptors (Lipinski definition) is 4. The third kappa shape index (κ3) is 3.04. The van der Waals surface area contributed by atoms with Crippen LogP contribution in [0.15, 0.2) is 18.2 Å².